The van der Waals surface area contributed by atoms with Gasteiger partial charge in [-0.05, 0) is 0 Å². The van der Waals surface area contributed by atoms with Crippen molar-refractivity contribution in [3.63, 3.8) is 0 Å². The van der Waals surface area contributed by atoms with E-state index in [-0.39, 0.29) is 24.8 Å². The second kappa shape index (κ2) is 22.5. The molecule has 20 heavy (non-hydrogen) atoms. The molecule has 4 heteroatoms. The van der Waals surface area contributed by atoms with Gasteiger partial charge in [-0.1, -0.05) is 0 Å². The van der Waals surface area contributed by atoms with Gasteiger partial charge in [-0.3, -0.25) is 0 Å². The summed E-state index contributed by atoms with van der Waals surface area (Å²) in [7, 11) is 0. The van der Waals surface area contributed by atoms with Crippen molar-refractivity contribution in [2.24, 2.45) is 0 Å². The van der Waals surface area contributed by atoms with E-state index in [9.17, 15) is 0 Å². The first-order valence-corrected chi connectivity index (χ1v) is 8.97. The van der Waals surface area contributed by atoms with Gasteiger partial charge in [0.05, 0.1) is 0 Å². The van der Waals surface area contributed by atoms with Gasteiger partial charge in [-0.25, -0.2) is 0 Å². The Bertz CT molecular complexity index is 143. The van der Waals surface area contributed by atoms with Crippen molar-refractivity contribution in [1.29, 1.82) is 0 Å². The Kier molecular flexibility index (Phi) is 29.5. The van der Waals surface area contributed by atoms with Crippen LogP contribution >= 0.6 is 24.8 Å². The molecule has 0 radical (unpaired) electrons. The van der Waals surface area contributed by atoms with Crippen LogP contribution < -0.4 is 0 Å². The molecule has 0 aromatic heterocycles. The molecule has 0 rings (SSSR count). The zero-order chi connectivity index (χ0) is 13.5. The van der Waals surface area contributed by atoms with Crippen molar-refractivity contribution in [2.75, 3.05) is 13.1 Å². The molecule has 0 spiro atoms. The molecular weight excluding hydrogens is 325 g/mol. The minimum atomic E-state index is 0. The summed E-state index contributed by atoms with van der Waals surface area (Å²) < 4.78 is 2.53. The van der Waals surface area contributed by atoms with Crippen LogP contribution in [0.1, 0.15) is 90.9 Å². The van der Waals surface area contributed by atoms with Crippen LogP contribution in [-0.4, -0.2) is 16.5 Å². The van der Waals surface area contributed by atoms with E-state index in [2.05, 4.69) is 37.9 Å². The van der Waals surface area contributed by atoms with E-state index in [1.807, 2.05) is 0 Å². The molecule has 0 N–H and O–H groups in total. The molecule has 0 aliphatic rings. The van der Waals surface area contributed by atoms with Crippen LogP contribution in [0.3, 0.4) is 0 Å². The molecule has 0 amide bonds. The monoisotopic (exact) mass is 360 g/mol. The Morgan fingerprint density at radius 3 is 1.20 bits per heavy atom. The molecule has 0 fully saturated rings. The molecule has 1 nitrogen and oxygen atoms in total. The first kappa shape index (κ1) is 26.2. The van der Waals surface area contributed by atoms with E-state index in [0.717, 1.165) is 0 Å². The van der Waals surface area contributed by atoms with Gasteiger partial charge in [-0.2, -0.15) is 0 Å². The van der Waals surface area contributed by atoms with Gasteiger partial charge >= 0.3 is 128 Å². The average Bonchev–Trinajstić information content (AvgIpc) is 2.38. The maximum absolute atomic E-state index is 2.53. The van der Waals surface area contributed by atoms with Crippen molar-refractivity contribution in [3.8, 4) is 0 Å². The number of halogens is 2. The van der Waals surface area contributed by atoms with E-state index in [4.69, 9.17) is 0 Å². The Morgan fingerprint density at radius 1 is 0.550 bits per heavy atom. The summed E-state index contributed by atoms with van der Waals surface area (Å²) in [5, 5.41) is 0. The smallest absolute Gasteiger partial charge is 0.147 e. The van der Waals surface area contributed by atoms with E-state index >= 15 is 0 Å². The van der Waals surface area contributed by atoms with Crippen LogP contribution in [0.15, 0.2) is 0 Å². The Hall–Kier alpha value is 1.25. The normalized spacial score (nSPS) is 10.1. The SMILES string of the molecule is CCCCCCCC[N]([Ti])CCCCCCCC.Cl.Cl. The van der Waals surface area contributed by atoms with E-state index in [1.165, 1.54) is 90.1 Å². The van der Waals surface area contributed by atoms with Crippen LogP contribution in [0.5, 0.6) is 0 Å². The molecule has 0 aliphatic carbocycles. The minimum absolute atomic E-state index is 0. The molecule has 0 heterocycles. The Labute approximate surface area is 152 Å². The van der Waals surface area contributed by atoms with Crippen LogP contribution in [0.25, 0.3) is 0 Å². The number of rotatable bonds is 14. The summed E-state index contributed by atoms with van der Waals surface area (Å²) >= 11 is 2.29. The van der Waals surface area contributed by atoms with Crippen LogP contribution in [0.2, 0.25) is 0 Å². The van der Waals surface area contributed by atoms with E-state index in [1.54, 1.807) is 0 Å². The first-order valence-electron chi connectivity index (χ1n) is 8.27. The molecule has 0 saturated carbocycles. The quantitative estimate of drug-likeness (QED) is 0.259. The zero-order valence-corrected chi connectivity index (χ0v) is 16.9. The standard InChI is InChI=1S/C16H34N.2ClH.Ti/c1-3-5-7-9-11-13-15-17-16-14-12-10-8-6-4-2;;;/h3-16H2,1-2H3;2*1H;/q-1;;;+1. The predicted octanol–water partition coefficient (Wildman–Crippen LogP) is 6.31. The van der Waals surface area contributed by atoms with E-state index in [0.29, 0.717) is 0 Å². The van der Waals surface area contributed by atoms with Crippen molar-refractivity contribution in [3.05, 3.63) is 0 Å². The van der Waals surface area contributed by atoms with Crippen LogP contribution in [0.4, 0.5) is 0 Å². The van der Waals surface area contributed by atoms with E-state index < -0.39 is 0 Å². The first-order chi connectivity index (χ1) is 8.81. The molecule has 0 aliphatic heterocycles. The fraction of sp³-hybridized carbons (Fsp3) is 1.00. The third-order valence-electron chi connectivity index (χ3n) is 3.56. The second-order valence-corrected chi connectivity index (χ2v) is 6.51. The van der Waals surface area contributed by atoms with Gasteiger partial charge in [0.15, 0.2) is 0 Å². The number of unbranched alkanes of at least 4 members (excludes halogenated alkanes) is 10. The molecule has 0 unspecified atom stereocenters. The number of hydrogen-bond donors (Lipinski definition) is 0. The summed E-state index contributed by atoms with van der Waals surface area (Å²) in [6.07, 6.45) is 17.0. The Morgan fingerprint density at radius 2 is 0.850 bits per heavy atom. The predicted molar refractivity (Wildman–Crippen MR) is 92.8 cm³/mol. The molecule has 0 atom stereocenters. The molecule has 0 bridgehead atoms. The maximum Gasteiger partial charge on any atom is -0.147 e. The third-order valence-corrected chi connectivity index (χ3v) is 4.26. The van der Waals surface area contributed by atoms with Gasteiger partial charge in [0.2, 0.25) is 0 Å². The van der Waals surface area contributed by atoms with Gasteiger partial charge in [0, 0.05) is 0 Å². The molecule has 0 aromatic rings. The molecule has 0 aromatic carbocycles. The Balaban J connectivity index is -0.00000144. The molecular formula is C16H36Cl2NTi. The van der Waals surface area contributed by atoms with Crippen molar-refractivity contribution >= 4 is 24.8 Å². The topological polar surface area (TPSA) is 3.24 Å². The molecule has 123 valence electrons. The van der Waals surface area contributed by atoms with Gasteiger partial charge in [-0.15, -0.1) is 24.8 Å². The average molecular weight is 361 g/mol. The largest absolute Gasteiger partial charge is 0.147 e. The maximum atomic E-state index is 2.53. The summed E-state index contributed by atoms with van der Waals surface area (Å²) in [5.41, 5.74) is 0. The minimum Gasteiger partial charge on any atom is -0.147 e. The van der Waals surface area contributed by atoms with Crippen molar-refractivity contribution < 1.29 is 20.7 Å². The van der Waals surface area contributed by atoms with Crippen molar-refractivity contribution in [1.82, 2.24) is 3.38 Å². The second-order valence-electron chi connectivity index (χ2n) is 5.52. The van der Waals surface area contributed by atoms with Crippen molar-refractivity contribution in [2.45, 2.75) is 90.9 Å². The fourth-order valence-electron chi connectivity index (χ4n) is 2.28. The van der Waals surface area contributed by atoms with Gasteiger partial charge in [0.1, 0.15) is 0 Å². The number of hydrogen-bond acceptors (Lipinski definition) is 1. The van der Waals surface area contributed by atoms with Crippen LogP contribution in [0, 0.1) is 0 Å². The number of nitrogens with zero attached hydrogens (tertiary/aromatic N) is 1. The summed E-state index contributed by atoms with van der Waals surface area (Å²) in [4.78, 5) is 0. The summed E-state index contributed by atoms with van der Waals surface area (Å²) in [5.74, 6) is 0. The van der Waals surface area contributed by atoms with Crippen LogP contribution in [-0.2, 0) is 20.7 Å². The third kappa shape index (κ3) is 21.6. The summed E-state index contributed by atoms with van der Waals surface area (Å²) in [6.45, 7) is 7.19. The fourth-order valence-corrected chi connectivity index (χ4v) is 2.77. The van der Waals surface area contributed by atoms with Gasteiger partial charge < -0.3 is 0 Å². The zero-order valence-electron chi connectivity index (χ0n) is 13.7. The molecule has 0 saturated heterocycles. The summed E-state index contributed by atoms with van der Waals surface area (Å²) in [6, 6.07) is 0. The van der Waals surface area contributed by atoms with Gasteiger partial charge in [0.25, 0.3) is 0 Å².